The first-order valence-electron chi connectivity index (χ1n) is 7.07. The summed E-state index contributed by atoms with van der Waals surface area (Å²) in [5.41, 5.74) is 2.56. The summed E-state index contributed by atoms with van der Waals surface area (Å²) in [7, 11) is 0. The summed E-state index contributed by atoms with van der Waals surface area (Å²) >= 11 is 0. The van der Waals surface area contributed by atoms with E-state index in [9.17, 15) is 0 Å². The smallest absolute Gasteiger partial charge is 0.0701 e. The molecule has 0 heterocycles. The molecule has 3 heteroatoms. The van der Waals surface area contributed by atoms with E-state index in [1.807, 2.05) is 0 Å². The van der Waals surface area contributed by atoms with Gasteiger partial charge in [0.05, 0.1) is 19.8 Å². The van der Waals surface area contributed by atoms with Gasteiger partial charge in [0.25, 0.3) is 0 Å². The van der Waals surface area contributed by atoms with Crippen LogP contribution < -0.4 is 5.32 Å². The number of nitrogens with one attached hydrogen (secondary N) is 1. The van der Waals surface area contributed by atoms with Crippen LogP contribution in [0.25, 0.3) is 0 Å². The van der Waals surface area contributed by atoms with E-state index in [0.717, 1.165) is 32.1 Å². The van der Waals surface area contributed by atoms with Crippen molar-refractivity contribution >= 4 is 0 Å². The largest absolute Gasteiger partial charge is 0.386 e. The van der Waals surface area contributed by atoms with Crippen LogP contribution in [0.5, 0.6) is 0 Å². The second-order valence-electron chi connectivity index (χ2n) is 5.31. The number of allylic oxidation sites excluding steroid dienone is 2. The molecule has 0 fully saturated rings. The molecule has 0 unspecified atom stereocenters. The molecule has 0 aromatic rings. The van der Waals surface area contributed by atoms with Crippen molar-refractivity contribution < 1.29 is 9.47 Å². The lowest BCUT2D eigenvalue weighted by molar-refractivity contribution is 0.0472. The van der Waals surface area contributed by atoms with Crippen LogP contribution >= 0.6 is 0 Å². The Hall–Kier alpha value is -0.540. The van der Waals surface area contributed by atoms with Crippen molar-refractivity contribution in [3.63, 3.8) is 0 Å². The van der Waals surface area contributed by atoms with E-state index in [2.05, 4.69) is 39.9 Å². The third-order valence-corrected chi connectivity index (χ3v) is 2.83. The number of hydrogen-bond acceptors (Lipinski definition) is 3. The molecule has 3 nitrogen and oxygen atoms in total. The van der Waals surface area contributed by atoms with Gasteiger partial charge in [0.2, 0.25) is 0 Å². The summed E-state index contributed by atoms with van der Waals surface area (Å²) in [5.74, 6) is 0.772. The van der Waals surface area contributed by atoms with Gasteiger partial charge >= 0.3 is 0 Å². The van der Waals surface area contributed by atoms with Crippen LogP contribution in [0.15, 0.2) is 11.3 Å². The van der Waals surface area contributed by atoms with Crippen molar-refractivity contribution in [2.24, 2.45) is 5.92 Å². The maximum absolute atomic E-state index is 5.50. The Balaban J connectivity index is 3.15. The minimum absolute atomic E-state index is 0.692. The van der Waals surface area contributed by atoms with E-state index in [1.54, 1.807) is 0 Å². The Morgan fingerprint density at radius 3 is 2.11 bits per heavy atom. The van der Waals surface area contributed by atoms with E-state index in [0.29, 0.717) is 13.2 Å². The van der Waals surface area contributed by atoms with Crippen molar-refractivity contribution in [3.8, 4) is 0 Å². The van der Waals surface area contributed by atoms with Gasteiger partial charge in [-0.3, -0.25) is 0 Å². The topological polar surface area (TPSA) is 30.5 Å². The van der Waals surface area contributed by atoms with Crippen LogP contribution in [0.1, 0.15) is 47.5 Å². The SMILES string of the molecule is CC(C)=C(C)NCCOCCOCCCC(C)C. The highest BCUT2D eigenvalue weighted by atomic mass is 16.5. The van der Waals surface area contributed by atoms with Gasteiger partial charge in [0, 0.05) is 18.8 Å². The first kappa shape index (κ1) is 17.5. The summed E-state index contributed by atoms with van der Waals surface area (Å²) in [5, 5.41) is 3.32. The van der Waals surface area contributed by atoms with Gasteiger partial charge in [-0.2, -0.15) is 0 Å². The van der Waals surface area contributed by atoms with E-state index < -0.39 is 0 Å². The van der Waals surface area contributed by atoms with Crippen LogP contribution in [0.2, 0.25) is 0 Å². The maximum atomic E-state index is 5.50. The summed E-state index contributed by atoms with van der Waals surface area (Å²) in [4.78, 5) is 0. The zero-order valence-electron chi connectivity index (χ0n) is 12.8. The average Bonchev–Trinajstić information content (AvgIpc) is 2.30. The fraction of sp³-hybridized carbons (Fsp3) is 0.867. The quantitative estimate of drug-likeness (QED) is 0.576. The highest BCUT2D eigenvalue weighted by Crippen LogP contribution is 2.02. The zero-order chi connectivity index (χ0) is 13.8. The molecule has 0 aliphatic carbocycles. The maximum Gasteiger partial charge on any atom is 0.0701 e. The van der Waals surface area contributed by atoms with Crippen molar-refractivity contribution in [3.05, 3.63) is 11.3 Å². The number of ether oxygens (including phenoxy) is 2. The van der Waals surface area contributed by atoms with Gasteiger partial charge in [-0.1, -0.05) is 19.4 Å². The molecule has 0 aromatic heterocycles. The van der Waals surface area contributed by atoms with Crippen LogP contribution in [-0.4, -0.2) is 33.0 Å². The molecule has 18 heavy (non-hydrogen) atoms. The minimum atomic E-state index is 0.692. The van der Waals surface area contributed by atoms with Gasteiger partial charge < -0.3 is 14.8 Å². The Bertz CT molecular complexity index is 221. The lowest BCUT2D eigenvalue weighted by Crippen LogP contribution is -2.19. The molecule has 0 atom stereocenters. The molecule has 0 aromatic carbocycles. The Morgan fingerprint density at radius 1 is 0.944 bits per heavy atom. The summed E-state index contributed by atoms with van der Waals surface area (Å²) in [6.45, 7) is 14.6. The van der Waals surface area contributed by atoms with E-state index >= 15 is 0 Å². The molecule has 0 radical (unpaired) electrons. The Morgan fingerprint density at radius 2 is 1.56 bits per heavy atom. The summed E-state index contributed by atoms with van der Waals surface area (Å²) in [6.07, 6.45) is 2.39. The molecule has 0 saturated carbocycles. The van der Waals surface area contributed by atoms with Gasteiger partial charge in [-0.25, -0.2) is 0 Å². The molecule has 0 spiro atoms. The number of rotatable bonds is 11. The molecule has 0 aliphatic rings. The fourth-order valence-electron chi connectivity index (χ4n) is 1.40. The van der Waals surface area contributed by atoms with Gasteiger partial charge in [-0.15, -0.1) is 0 Å². The minimum Gasteiger partial charge on any atom is -0.386 e. The molecule has 0 amide bonds. The van der Waals surface area contributed by atoms with Gasteiger partial charge in [0.1, 0.15) is 0 Å². The first-order valence-corrected chi connectivity index (χ1v) is 7.07. The molecule has 0 bridgehead atoms. The second-order valence-corrected chi connectivity index (χ2v) is 5.31. The molecule has 0 saturated heterocycles. The highest BCUT2D eigenvalue weighted by Gasteiger charge is 1.95. The van der Waals surface area contributed by atoms with Crippen LogP contribution in [0, 0.1) is 5.92 Å². The van der Waals surface area contributed by atoms with Crippen LogP contribution in [0.4, 0.5) is 0 Å². The average molecular weight is 257 g/mol. The molecule has 0 aliphatic heterocycles. The van der Waals surface area contributed by atoms with E-state index in [1.165, 1.54) is 17.7 Å². The Labute approximate surface area is 113 Å². The van der Waals surface area contributed by atoms with Crippen LogP contribution in [-0.2, 0) is 9.47 Å². The second kappa shape index (κ2) is 11.5. The molecule has 0 rings (SSSR count). The zero-order valence-corrected chi connectivity index (χ0v) is 12.8. The summed E-state index contributed by atoms with van der Waals surface area (Å²) < 4.78 is 11.0. The van der Waals surface area contributed by atoms with Gasteiger partial charge in [0.15, 0.2) is 0 Å². The predicted molar refractivity (Wildman–Crippen MR) is 77.8 cm³/mol. The van der Waals surface area contributed by atoms with Crippen molar-refractivity contribution in [2.45, 2.75) is 47.5 Å². The normalized spacial score (nSPS) is 10.8. The standard InChI is InChI=1S/C15H31NO2/c1-13(2)7-6-9-17-11-12-18-10-8-16-15(5)14(3)4/h13,16H,6-12H2,1-5H3. The molecule has 1 N–H and O–H groups in total. The lowest BCUT2D eigenvalue weighted by atomic mass is 10.1. The molecule has 108 valence electrons. The van der Waals surface area contributed by atoms with E-state index in [4.69, 9.17) is 9.47 Å². The third-order valence-electron chi connectivity index (χ3n) is 2.83. The predicted octanol–water partition coefficient (Wildman–Crippen LogP) is 3.36. The fourth-order valence-corrected chi connectivity index (χ4v) is 1.40. The Kier molecular flexibility index (Phi) is 11.2. The molecular weight excluding hydrogens is 226 g/mol. The molecular formula is C15H31NO2. The highest BCUT2D eigenvalue weighted by molar-refractivity contribution is 5.03. The van der Waals surface area contributed by atoms with Crippen molar-refractivity contribution in [1.29, 1.82) is 0 Å². The van der Waals surface area contributed by atoms with E-state index in [-0.39, 0.29) is 0 Å². The monoisotopic (exact) mass is 257 g/mol. The first-order chi connectivity index (χ1) is 8.54. The third kappa shape index (κ3) is 11.9. The lowest BCUT2D eigenvalue weighted by Gasteiger charge is -2.09. The van der Waals surface area contributed by atoms with Crippen molar-refractivity contribution in [1.82, 2.24) is 5.32 Å². The number of hydrogen-bond donors (Lipinski definition) is 1. The van der Waals surface area contributed by atoms with Crippen molar-refractivity contribution in [2.75, 3.05) is 33.0 Å². The summed E-state index contributed by atoms with van der Waals surface area (Å²) in [6, 6.07) is 0. The van der Waals surface area contributed by atoms with Gasteiger partial charge in [-0.05, 0) is 39.5 Å². The van der Waals surface area contributed by atoms with Crippen LogP contribution in [0.3, 0.4) is 0 Å².